The Balaban J connectivity index is 1.99. The van der Waals surface area contributed by atoms with Crippen molar-refractivity contribution in [2.24, 2.45) is 5.73 Å². The molecular weight excluding hydrogens is 262 g/mol. The number of aromatic nitrogens is 1. The minimum atomic E-state index is -0.784. The number of pyridine rings is 1. The van der Waals surface area contributed by atoms with Crippen LogP contribution in [0, 0.1) is 0 Å². The van der Waals surface area contributed by atoms with Crippen molar-refractivity contribution >= 4 is 11.8 Å². The number of nitrogens with two attached hydrogens (primary N) is 1. The van der Waals surface area contributed by atoms with Gasteiger partial charge in [-0.1, -0.05) is 0 Å². The van der Waals surface area contributed by atoms with Gasteiger partial charge in [-0.05, 0) is 12.8 Å². The molecule has 2 heterocycles. The SMILES string of the molecule is COC1CC2(C1)Cn1cc(C(N)=O)c(=O)cc1C(=O)N2. The van der Waals surface area contributed by atoms with Gasteiger partial charge >= 0.3 is 0 Å². The number of hydrogen-bond acceptors (Lipinski definition) is 4. The molecule has 0 saturated heterocycles. The van der Waals surface area contributed by atoms with Gasteiger partial charge in [-0.15, -0.1) is 0 Å². The smallest absolute Gasteiger partial charge is 0.268 e. The third kappa shape index (κ3) is 1.82. The molecule has 1 aromatic rings. The van der Waals surface area contributed by atoms with Crippen LogP contribution in [0.1, 0.15) is 33.7 Å². The zero-order chi connectivity index (χ0) is 14.5. The van der Waals surface area contributed by atoms with Gasteiger partial charge in [0, 0.05) is 25.9 Å². The molecule has 20 heavy (non-hydrogen) atoms. The molecule has 1 aliphatic carbocycles. The van der Waals surface area contributed by atoms with E-state index in [0.717, 1.165) is 6.07 Å². The quantitative estimate of drug-likeness (QED) is 0.741. The van der Waals surface area contributed by atoms with E-state index in [9.17, 15) is 14.4 Å². The van der Waals surface area contributed by atoms with Crippen molar-refractivity contribution in [2.45, 2.75) is 31.0 Å². The predicted molar refractivity (Wildman–Crippen MR) is 69.4 cm³/mol. The fourth-order valence-corrected chi connectivity index (χ4v) is 2.97. The Kier molecular flexibility index (Phi) is 2.68. The number of nitrogens with zero attached hydrogens (tertiary/aromatic N) is 1. The highest BCUT2D eigenvalue weighted by molar-refractivity contribution is 5.96. The molecule has 2 amide bonds. The summed E-state index contributed by atoms with van der Waals surface area (Å²) in [4.78, 5) is 35.0. The normalized spacial score (nSPS) is 27.6. The van der Waals surface area contributed by atoms with E-state index in [-0.39, 0.29) is 28.8 Å². The molecule has 106 valence electrons. The highest BCUT2D eigenvalue weighted by atomic mass is 16.5. The Morgan fingerprint density at radius 2 is 2.20 bits per heavy atom. The first-order valence-corrected chi connectivity index (χ1v) is 6.34. The Morgan fingerprint density at radius 3 is 2.80 bits per heavy atom. The number of fused-ring (bicyclic) bond motifs is 1. The largest absolute Gasteiger partial charge is 0.381 e. The molecule has 2 aliphatic rings. The summed E-state index contributed by atoms with van der Waals surface area (Å²) < 4.78 is 6.86. The monoisotopic (exact) mass is 277 g/mol. The van der Waals surface area contributed by atoms with Gasteiger partial charge in [0.1, 0.15) is 11.3 Å². The Bertz CT molecular complexity index is 658. The number of carbonyl (C=O) groups is 2. The number of ether oxygens (including phenoxy) is 1. The molecule has 0 unspecified atom stereocenters. The minimum absolute atomic E-state index is 0.0961. The first-order valence-electron chi connectivity index (χ1n) is 6.34. The van der Waals surface area contributed by atoms with Gasteiger partial charge in [0.05, 0.1) is 11.6 Å². The lowest BCUT2D eigenvalue weighted by molar-refractivity contribution is -0.0380. The summed E-state index contributed by atoms with van der Waals surface area (Å²) in [6.45, 7) is 0.508. The average Bonchev–Trinajstić information content (AvgIpc) is 2.35. The van der Waals surface area contributed by atoms with Crippen LogP contribution < -0.4 is 16.5 Å². The van der Waals surface area contributed by atoms with E-state index in [4.69, 9.17) is 10.5 Å². The standard InChI is InChI=1S/C13H15N3O4/c1-20-7-3-13(4-7)6-16-5-8(11(14)18)10(17)2-9(16)12(19)15-13/h2,5,7H,3-4,6H2,1H3,(H2,14,18)(H,15,19). The van der Waals surface area contributed by atoms with Crippen molar-refractivity contribution in [3.05, 3.63) is 33.7 Å². The molecular formula is C13H15N3O4. The van der Waals surface area contributed by atoms with Crippen LogP contribution in [0.5, 0.6) is 0 Å². The van der Waals surface area contributed by atoms with E-state index < -0.39 is 11.3 Å². The van der Waals surface area contributed by atoms with Gasteiger partial charge in [-0.2, -0.15) is 0 Å². The second-order valence-corrected chi connectivity index (χ2v) is 5.43. The highest BCUT2D eigenvalue weighted by Gasteiger charge is 2.48. The van der Waals surface area contributed by atoms with Crippen LogP contribution in [-0.2, 0) is 11.3 Å². The summed E-state index contributed by atoms with van der Waals surface area (Å²) in [7, 11) is 1.64. The van der Waals surface area contributed by atoms with Crippen LogP contribution in [0.25, 0.3) is 0 Å². The van der Waals surface area contributed by atoms with Gasteiger partial charge in [0.2, 0.25) is 0 Å². The maximum Gasteiger partial charge on any atom is 0.268 e. The van der Waals surface area contributed by atoms with Gasteiger partial charge in [-0.3, -0.25) is 14.4 Å². The zero-order valence-corrected chi connectivity index (χ0v) is 11.0. The fraction of sp³-hybridized carbons (Fsp3) is 0.462. The van der Waals surface area contributed by atoms with Gasteiger partial charge in [-0.25, -0.2) is 0 Å². The predicted octanol–water partition coefficient (Wildman–Crippen LogP) is -0.762. The van der Waals surface area contributed by atoms with Crippen LogP contribution in [0.15, 0.2) is 17.1 Å². The Morgan fingerprint density at radius 1 is 1.50 bits per heavy atom. The Labute approximate surface area is 114 Å². The molecule has 0 bridgehead atoms. The van der Waals surface area contributed by atoms with E-state index >= 15 is 0 Å². The van der Waals surface area contributed by atoms with Crippen molar-refractivity contribution in [3.8, 4) is 0 Å². The maximum absolute atomic E-state index is 12.1. The molecule has 1 aromatic heterocycles. The molecule has 0 aromatic carbocycles. The van der Waals surface area contributed by atoms with E-state index in [1.165, 1.54) is 6.20 Å². The third-order valence-electron chi connectivity index (χ3n) is 4.05. The lowest BCUT2D eigenvalue weighted by Crippen LogP contribution is -2.65. The van der Waals surface area contributed by atoms with Crippen LogP contribution in [0.3, 0.4) is 0 Å². The average molecular weight is 277 g/mol. The zero-order valence-electron chi connectivity index (χ0n) is 11.0. The summed E-state index contributed by atoms with van der Waals surface area (Å²) in [6.07, 6.45) is 2.94. The Hall–Kier alpha value is -2.15. The first-order chi connectivity index (χ1) is 9.44. The number of hydrogen-bond donors (Lipinski definition) is 2. The summed E-state index contributed by atoms with van der Waals surface area (Å²) in [5.74, 6) is -1.09. The second-order valence-electron chi connectivity index (χ2n) is 5.43. The van der Waals surface area contributed by atoms with E-state index in [1.807, 2.05) is 0 Å². The van der Waals surface area contributed by atoms with E-state index in [1.54, 1.807) is 11.7 Å². The molecule has 1 saturated carbocycles. The van der Waals surface area contributed by atoms with Crippen LogP contribution in [0.4, 0.5) is 0 Å². The van der Waals surface area contributed by atoms with Crippen LogP contribution in [0.2, 0.25) is 0 Å². The summed E-state index contributed by atoms with van der Waals surface area (Å²) in [6, 6.07) is 1.16. The number of amides is 2. The molecule has 7 heteroatoms. The molecule has 3 N–H and O–H groups in total. The minimum Gasteiger partial charge on any atom is -0.381 e. The second kappa shape index (κ2) is 4.17. The summed E-state index contributed by atoms with van der Waals surface area (Å²) in [5.41, 5.74) is 4.45. The lowest BCUT2D eigenvalue weighted by Gasteiger charge is -2.50. The first kappa shape index (κ1) is 12.9. The van der Waals surface area contributed by atoms with Gasteiger partial charge in [0.25, 0.3) is 11.8 Å². The topological polar surface area (TPSA) is 103 Å². The number of nitrogens with one attached hydrogen (secondary N) is 1. The van der Waals surface area contributed by atoms with Crippen molar-refractivity contribution in [2.75, 3.05) is 7.11 Å². The highest BCUT2D eigenvalue weighted by Crippen LogP contribution is 2.37. The summed E-state index contributed by atoms with van der Waals surface area (Å²) in [5, 5.41) is 2.93. The van der Waals surface area contributed by atoms with E-state index in [2.05, 4.69) is 5.32 Å². The molecule has 1 spiro atoms. The molecule has 3 rings (SSSR count). The maximum atomic E-state index is 12.1. The van der Waals surface area contributed by atoms with Crippen molar-refractivity contribution < 1.29 is 14.3 Å². The lowest BCUT2D eigenvalue weighted by atomic mass is 9.73. The van der Waals surface area contributed by atoms with Crippen LogP contribution in [-0.4, -0.2) is 35.1 Å². The van der Waals surface area contributed by atoms with Crippen molar-refractivity contribution in [3.63, 3.8) is 0 Å². The number of methoxy groups -OCH3 is 1. The van der Waals surface area contributed by atoms with Gasteiger partial charge < -0.3 is 20.4 Å². The molecule has 1 fully saturated rings. The van der Waals surface area contributed by atoms with Crippen molar-refractivity contribution in [1.29, 1.82) is 0 Å². The third-order valence-corrected chi connectivity index (χ3v) is 4.05. The van der Waals surface area contributed by atoms with Crippen molar-refractivity contribution in [1.82, 2.24) is 9.88 Å². The van der Waals surface area contributed by atoms with Gasteiger partial charge in [0.15, 0.2) is 5.43 Å². The van der Waals surface area contributed by atoms with Crippen LogP contribution >= 0.6 is 0 Å². The molecule has 0 atom stereocenters. The molecule has 7 nitrogen and oxygen atoms in total. The number of rotatable bonds is 2. The van der Waals surface area contributed by atoms with E-state index in [0.29, 0.717) is 19.4 Å². The number of primary amides is 1. The molecule has 1 aliphatic heterocycles. The fourth-order valence-electron chi connectivity index (χ4n) is 2.97. The number of carbonyl (C=O) groups excluding carboxylic acids is 2. The summed E-state index contributed by atoms with van der Waals surface area (Å²) >= 11 is 0. The molecule has 0 radical (unpaired) electrons.